The predicted octanol–water partition coefficient (Wildman–Crippen LogP) is 4.95. The monoisotopic (exact) mass is 428 g/mol. The standard InChI is InChI=1S/C20H17F5N2OS/c21-12-2-1-3-13(22)18(12)15-8-11-10-27(7-4-14(11)26-15)17(29)9-16(28)19(5-6-19)20(23,24)25/h1-3,8,26H,4-7,9-10H2. The number of halogens is 5. The van der Waals surface area contributed by atoms with Crippen LogP contribution < -0.4 is 0 Å². The summed E-state index contributed by atoms with van der Waals surface area (Å²) in [4.78, 5) is 17.1. The molecule has 1 aliphatic carbocycles. The number of fused-ring (bicyclic) bond motifs is 1. The highest BCUT2D eigenvalue weighted by molar-refractivity contribution is 7.80. The van der Waals surface area contributed by atoms with E-state index in [1.54, 1.807) is 11.0 Å². The number of carbonyl (C=O) groups is 1. The molecule has 0 bridgehead atoms. The summed E-state index contributed by atoms with van der Waals surface area (Å²) in [5.41, 5.74) is -0.556. The Morgan fingerprint density at radius 2 is 1.86 bits per heavy atom. The molecule has 0 radical (unpaired) electrons. The molecule has 2 aliphatic rings. The molecule has 1 aromatic carbocycles. The molecule has 1 fully saturated rings. The number of ketones is 1. The average Bonchev–Trinajstić information content (AvgIpc) is 3.36. The summed E-state index contributed by atoms with van der Waals surface area (Å²) in [7, 11) is 0. The maximum absolute atomic E-state index is 14.0. The zero-order valence-corrected chi connectivity index (χ0v) is 16.0. The number of aromatic amines is 1. The number of hydrogen-bond donors (Lipinski definition) is 1. The van der Waals surface area contributed by atoms with Gasteiger partial charge in [-0.15, -0.1) is 0 Å². The van der Waals surface area contributed by atoms with E-state index in [2.05, 4.69) is 4.98 Å². The summed E-state index contributed by atoms with van der Waals surface area (Å²) in [6.45, 7) is 0.685. The molecule has 0 spiro atoms. The Kier molecular flexibility index (Phi) is 4.76. The van der Waals surface area contributed by atoms with Crippen LogP contribution in [0.15, 0.2) is 24.3 Å². The minimum absolute atomic E-state index is 0.160. The molecule has 29 heavy (non-hydrogen) atoms. The molecule has 2 aromatic rings. The minimum Gasteiger partial charge on any atom is -0.361 e. The molecule has 0 amide bonds. The summed E-state index contributed by atoms with van der Waals surface area (Å²) in [6, 6.07) is 5.23. The molecule has 0 saturated heterocycles. The summed E-state index contributed by atoms with van der Waals surface area (Å²) in [5, 5.41) is 0. The number of benzene rings is 1. The van der Waals surface area contributed by atoms with Crippen molar-refractivity contribution >= 4 is 23.0 Å². The van der Waals surface area contributed by atoms with Crippen LogP contribution in [0.5, 0.6) is 0 Å². The van der Waals surface area contributed by atoms with E-state index in [1.165, 1.54) is 18.2 Å². The van der Waals surface area contributed by atoms with E-state index >= 15 is 0 Å². The van der Waals surface area contributed by atoms with Crippen LogP contribution in [-0.2, 0) is 17.8 Å². The first-order valence-electron chi connectivity index (χ1n) is 9.15. The quantitative estimate of drug-likeness (QED) is 0.553. The summed E-state index contributed by atoms with van der Waals surface area (Å²) in [5.74, 6) is -2.27. The van der Waals surface area contributed by atoms with E-state index < -0.39 is 35.4 Å². The van der Waals surface area contributed by atoms with Gasteiger partial charge in [-0.05, 0) is 36.6 Å². The predicted molar refractivity (Wildman–Crippen MR) is 100 cm³/mol. The van der Waals surface area contributed by atoms with Crippen LogP contribution in [0.2, 0.25) is 0 Å². The number of Topliss-reactive ketones (excluding diaryl/α,β-unsaturated/α-hetero) is 1. The maximum Gasteiger partial charge on any atom is 0.401 e. The van der Waals surface area contributed by atoms with E-state index in [-0.39, 0.29) is 29.9 Å². The van der Waals surface area contributed by atoms with Gasteiger partial charge >= 0.3 is 6.18 Å². The lowest BCUT2D eigenvalue weighted by Crippen LogP contribution is -2.39. The van der Waals surface area contributed by atoms with Gasteiger partial charge in [0.25, 0.3) is 0 Å². The molecule has 0 atom stereocenters. The zero-order chi connectivity index (χ0) is 21.0. The maximum atomic E-state index is 14.0. The number of nitrogens with zero attached hydrogens (tertiary/aromatic N) is 1. The molecule has 4 rings (SSSR count). The summed E-state index contributed by atoms with van der Waals surface area (Å²) < 4.78 is 67.5. The average molecular weight is 428 g/mol. The van der Waals surface area contributed by atoms with Gasteiger partial charge in [0, 0.05) is 25.2 Å². The Bertz CT molecular complexity index is 973. The highest BCUT2D eigenvalue weighted by atomic mass is 32.1. The molecule has 2 heterocycles. The van der Waals surface area contributed by atoms with E-state index in [0.29, 0.717) is 18.7 Å². The van der Waals surface area contributed by atoms with Crippen LogP contribution in [0.25, 0.3) is 11.3 Å². The minimum atomic E-state index is -4.55. The van der Waals surface area contributed by atoms with Gasteiger partial charge in [-0.25, -0.2) is 8.78 Å². The summed E-state index contributed by atoms with van der Waals surface area (Å²) >= 11 is 5.25. The third-order valence-electron chi connectivity index (χ3n) is 5.71. The first kappa shape index (κ1) is 20.0. The van der Waals surface area contributed by atoms with Gasteiger partial charge in [-0.1, -0.05) is 18.3 Å². The molecule has 1 N–H and O–H groups in total. The Morgan fingerprint density at radius 1 is 1.21 bits per heavy atom. The number of alkyl halides is 3. The highest BCUT2D eigenvalue weighted by Crippen LogP contribution is 2.58. The molecule has 0 unspecified atom stereocenters. The fourth-order valence-corrected chi connectivity index (χ4v) is 4.09. The highest BCUT2D eigenvalue weighted by Gasteiger charge is 2.67. The van der Waals surface area contributed by atoms with Gasteiger partial charge in [-0.3, -0.25) is 4.79 Å². The zero-order valence-electron chi connectivity index (χ0n) is 15.2. The molecule has 154 valence electrons. The van der Waals surface area contributed by atoms with E-state index in [4.69, 9.17) is 12.2 Å². The summed E-state index contributed by atoms with van der Waals surface area (Å²) in [6.07, 6.45) is -4.86. The van der Waals surface area contributed by atoms with Crippen molar-refractivity contribution in [2.75, 3.05) is 6.54 Å². The topological polar surface area (TPSA) is 36.1 Å². The van der Waals surface area contributed by atoms with E-state index in [1.807, 2.05) is 0 Å². The smallest absolute Gasteiger partial charge is 0.361 e. The van der Waals surface area contributed by atoms with Gasteiger partial charge in [-0.2, -0.15) is 13.2 Å². The van der Waals surface area contributed by atoms with Gasteiger partial charge < -0.3 is 9.88 Å². The van der Waals surface area contributed by atoms with Crippen molar-refractivity contribution in [1.29, 1.82) is 0 Å². The molecule has 9 heteroatoms. The number of carbonyl (C=O) groups excluding carboxylic acids is 1. The van der Waals surface area contributed by atoms with Crippen LogP contribution >= 0.6 is 12.2 Å². The molecule has 1 aliphatic heterocycles. The lowest BCUT2D eigenvalue weighted by Gasteiger charge is -2.30. The van der Waals surface area contributed by atoms with Crippen molar-refractivity contribution in [2.24, 2.45) is 5.41 Å². The number of aromatic nitrogens is 1. The number of hydrogen-bond acceptors (Lipinski definition) is 2. The van der Waals surface area contributed by atoms with Crippen LogP contribution in [0, 0.1) is 17.0 Å². The Labute approximate surface area is 168 Å². The van der Waals surface area contributed by atoms with Gasteiger partial charge in [0.05, 0.1) is 22.7 Å². The molecule has 1 saturated carbocycles. The van der Waals surface area contributed by atoms with Crippen molar-refractivity contribution < 1.29 is 26.7 Å². The van der Waals surface area contributed by atoms with Gasteiger partial charge in [0.2, 0.25) is 0 Å². The second kappa shape index (κ2) is 6.90. The van der Waals surface area contributed by atoms with Gasteiger partial charge in [0.15, 0.2) is 5.78 Å². The van der Waals surface area contributed by atoms with Crippen LogP contribution in [0.3, 0.4) is 0 Å². The van der Waals surface area contributed by atoms with Crippen LogP contribution in [-0.4, -0.2) is 33.4 Å². The van der Waals surface area contributed by atoms with Crippen molar-refractivity contribution in [3.8, 4) is 11.3 Å². The second-order valence-electron chi connectivity index (χ2n) is 7.53. The largest absolute Gasteiger partial charge is 0.401 e. The lowest BCUT2D eigenvalue weighted by atomic mass is 9.97. The Balaban J connectivity index is 1.49. The van der Waals surface area contributed by atoms with Gasteiger partial charge in [0.1, 0.15) is 17.0 Å². The molecular weight excluding hydrogens is 411 g/mol. The van der Waals surface area contributed by atoms with Crippen molar-refractivity contribution in [2.45, 2.75) is 38.4 Å². The first-order chi connectivity index (χ1) is 13.6. The molecule has 1 aromatic heterocycles. The van der Waals surface area contributed by atoms with E-state index in [0.717, 1.165) is 11.3 Å². The number of nitrogens with one attached hydrogen (secondary N) is 1. The number of thiocarbonyl (C=S) groups is 1. The van der Waals surface area contributed by atoms with Crippen molar-refractivity contribution in [3.63, 3.8) is 0 Å². The molecular formula is C20H17F5N2OS. The first-order valence-corrected chi connectivity index (χ1v) is 9.56. The Morgan fingerprint density at radius 3 is 2.45 bits per heavy atom. The third-order valence-corrected chi connectivity index (χ3v) is 6.11. The third kappa shape index (κ3) is 3.45. The van der Waals surface area contributed by atoms with E-state index in [9.17, 15) is 26.7 Å². The second-order valence-corrected chi connectivity index (χ2v) is 8.00. The lowest BCUT2D eigenvalue weighted by molar-refractivity contribution is -0.190. The fraction of sp³-hybridized carbons (Fsp3) is 0.400. The normalized spacial score (nSPS) is 17.8. The van der Waals surface area contributed by atoms with Crippen molar-refractivity contribution in [1.82, 2.24) is 9.88 Å². The van der Waals surface area contributed by atoms with Crippen LogP contribution in [0.4, 0.5) is 22.0 Å². The van der Waals surface area contributed by atoms with Crippen LogP contribution in [0.1, 0.15) is 30.5 Å². The number of H-pyrrole nitrogens is 1. The Hall–Kier alpha value is -2.29. The molecule has 3 nitrogen and oxygen atoms in total. The van der Waals surface area contributed by atoms with Crippen molar-refractivity contribution in [3.05, 3.63) is 47.2 Å². The number of rotatable bonds is 4. The fourth-order valence-electron chi connectivity index (χ4n) is 3.80. The SMILES string of the molecule is O=C(CC(=S)N1CCc2[nH]c(-c3c(F)cccc3F)cc2C1)C1(C(F)(F)F)CC1.